The summed E-state index contributed by atoms with van der Waals surface area (Å²) in [6.07, 6.45) is 2.01. The van der Waals surface area contributed by atoms with E-state index in [9.17, 15) is 9.18 Å². The molecule has 0 fully saturated rings. The number of nitrogens with one attached hydrogen (secondary N) is 2. The monoisotopic (exact) mass is 393 g/mol. The molecule has 1 amide bonds. The molecular weight excluding hydrogens is 373 g/mol. The molecule has 0 atom stereocenters. The second-order valence-electron chi connectivity index (χ2n) is 6.57. The van der Waals surface area contributed by atoms with Gasteiger partial charge in [0.2, 0.25) is 6.79 Å². The number of benzene rings is 2. The summed E-state index contributed by atoms with van der Waals surface area (Å²) in [6, 6.07) is 15.6. The second-order valence-corrected chi connectivity index (χ2v) is 6.57. The summed E-state index contributed by atoms with van der Waals surface area (Å²) >= 11 is 0. The van der Waals surface area contributed by atoms with Crippen molar-refractivity contribution in [1.29, 1.82) is 0 Å². The molecule has 0 saturated heterocycles. The molecule has 6 nitrogen and oxygen atoms in total. The van der Waals surface area contributed by atoms with E-state index < -0.39 is 0 Å². The maximum atomic E-state index is 13.6. The van der Waals surface area contributed by atoms with Crippen molar-refractivity contribution in [1.82, 2.24) is 10.3 Å². The summed E-state index contributed by atoms with van der Waals surface area (Å²) in [5.41, 5.74) is 2.08. The molecule has 4 rings (SSSR count). The van der Waals surface area contributed by atoms with Gasteiger partial charge < -0.3 is 20.1 Å². The first-order valence-electron chi connectivity index (χ1n) is 9.29. The van der Waals surface area contributed by atoms with Gasteiger partial charge in [-0.3, -0.25) is 4.79 Å². The van der Waals surface area contributed by atoms with Crippen LogP contribution in [0.5, 0.6) is 11.5 Å². The Morgan fingerprint density at radius 3 is 2.83 bits per heavy atom. The highest BCUT2D eigenvalue weighted by Crippen LogP contribution is 2.32. The van der Waals surface area contributed by atoms with E-state index >= 15 is 0 Å². The highest BCUT2D eigenvalue weighted by Gasteiger charge is 2.13. The Kier molecular flexibility index (Phi) is 5.56. The summed E-state index contributed by atoms with van der Waals surface area (Å²) in [4.78, 5) is 16.6. The number of aromatic nitrogens is 1. The van der Waals surface area contributed by atoms with E-state index in [-0.39, 0.29) is 18.5 Å². The summed E-state index contributed by atoms with van der Waals surface area (Å²) in [7, 11) is 0. The highest BCUT2D eigenvalue weighted by molar-refractivity contribution is 5.94. The normalized spacial score (nSPS) is 11.9. The summed E-state index contributed by atoms with van der Waals surface area (Å²) in [5.74, 6) is 1.56. The fraction of sp³-hybridized carbons (Fsp3) is 0.182. The van der Waals surface area contributed by atoms with Gasteiger partial charge in [-0.25, -0.2) is 9.37 Å². The Bertz CT molecular complexity index is 1030. The van der Waals surface area contributed by atoms with Crippen LogP contribution < -0.4 is 20.1 Å². The quantitative estimate of drug-likeness (QED) is 0.643. The second kappa shape index (κ2) is 8.60. The Morgan fingerprint density at radius 1 is 1.07 bits per heavy atom. The van der Waals surface area contributed by atoms with E-state index in [0.29, 0.717) is 36.5 Å². The van der Waals surface area contributed by atoms with Crippen molar-refractivity contribution < 1.29 is 18.7 Å². The lowest BCUT2D eigenvalue weighted by molar-refractivity contribution is 0.0954. The number of hydrogen-bond acceptors (Lipinski definition) is 5. The van der Waals surface area contributed by atoms with Crippen molar-refractivity contribution in [2.75, 3.05) is 18.7 Å². The van der Waals surface area contributed by atoms with Gasteiger partial charge >= 0.3 is 0 Å². The first-order valence-corrected chi connectivity index (χ1v) is 9.29. The molecule has 148 valence electrons. The largest absolute Gasteiger partial charge is 0.454 e. The maximum Gasteiger partial charge on any atom is 0.251 e. The lowest BCUT2D eigenvalue weighted by Gasteiger charge is -2.09. The zero-order valence-electron chi connectivity index (χ0n) is 15.7. The van der Waals surface area contributed by atoms with E-state index in [1.165, 1.54) is 6.07 Å². The molecule has 1 aliphatic heterocycles. The molecule has 0 radical (unpaired) electrons. The Labute approximate surface area is 167 Å². The van der Waals surface area contributed by atoms with E-state index in [0.717, 1.165) is 17.1 Å². The molecule has 2 N–H and O–H groups in total. The van der Waals surface area contributed by atoms with Crippen molar-refractivity contribution in [3.63, 3.8) is 0 Å². The molecule has 0 spiro atoms. The number of hydrogen-bond donors (Lipinski definition) is 2. The average molecular weight is 393 g/mol. The van der Waals surface area contributed by atoms with Crippen LogP contribution in [-0.4, -0.2) is 24.2 Å². The molecule has 0 bridgehead atoms. The zero-order valence-corrected chi connectivity index (χ0v) is 15.7. The lowest BCUT2D eigenvalue weighted by Crippen LogP contribution is -2.26. The standard InChI is InChI=1S/C22H20FN3O3/c23-18-4-2-1-3-16(18)7-10-25-22(27)17-8-9-24-21(12-17)26-13-15-5-6-19-20(11-15)29-14-28-19/h1-6,8-9,11-12H,7,10,13-14H2,(H,24,26)(H,25,27). The summed E-state index contributed by atoms with van der Waals surface area (Å²) < 4.78 is 24.3. The van der Waals surface area contributed by atoms with Gasteiger partial charge in [0.05, 0.1) is 0 Å². The van der Waals surface area contributed by atoms with Gasteiger partial charge in [-0.1, -0.05) is 24.3 Å². The van der Waals surface area contributed by atoms with E-state index in [1.54, 1.807) is 36.5 Å². The van der Waals surface area contributed by atoms with Crippen molar-refractivity contribution in [3.05, 3.63) is 83.3 Å². The number of rotatable bonds is 7. The molecule has 3 aromatic rings. The minimum absolute atomic E-state index is 0.227. The predicted octanol–water partition coefficient (Wildman–Crippen LogP) is 3.53. The number of halogens is 1. The molecule has 7 heteroatoms. The maximum absolute atomic E-state index is 13.6. The first kappa shape index (κ1) is 18.7. The Balaban J connectivity index is 1.32. The molecule has 2 aromatic carbocycles. The van der Waals surface area contributed by atoms with Gasteiger partial charge in [-0.05, 0) is 47.9 Å². The predicted molar refractivity (Wildman–Crippen MR) is 107 cm³/mol. The minimum atomic E-state index is -0.263. The van der Waals surface area contributed by atoms with Crippen LogP contribution in [0.2, 0.25) is 0 Å². The van der Waals surface area contributed by atoms with E-state index in [1.807, 2.05) is 18.2 Å². The molecule has 0 unspecified atom stereocenters. The third-order valence-electron chi connectivity index (χ3n) is 4.57. The minimum Gasteiger partial charge on any atom is -0.454 e. The molecule has 0 aliphatic carbocycles. The van der Waals surface area contributed by atoms with E-state index in [2.05, 4.69) is 15.6 Å². The molecule has 0 saturated carbocycles. The van der Waals surface area contributed by atoms with Crippen molar-refractivity contribution in [3.8, 4) is 11.5 Å². The lowest BCUT2D eigenvalue weighted by atomic mass is 10.1. The van der Waals surface area contributed by atoms with Gasteiger partial charge in [-0.2, -0.15) is 0 Å². The topological polar surface area (TPSA) is 72.5 Å². The van der Waals surface area contributed by atoms with Crippen LogP contribution >= 0.6 is 0 Å². The number of carbonyl (C=O) groups is 1. The summed E-state index contributed by atoms with van der Waals surface area (Å²) in [5, 5.41) is 6.01. The van der Waals surface area contributed by atoms with Gasteiger partial charge in [-0.15, -0.1) is 0 Å². The number of nitrogens with zero attached hydrogens (tertiary/aromatic N) is 1. The SMILES string of the molecule is O=C(NCCc1ccccc1F)c1ccnc(NCc2ccc3c(c2)OCO3)c1. The van der Waals surface area contributed by atoms with Crippen molar-refractivity contribution in [2.24, 2.45) is 0 Å². The number of carbonyl (C=O) groups excluding carboxylic acids is 1. The zero-order chi connectivity index (χ0) is 20.1. The fourth-order valence-electron chi connectivity index (χ4n) is 3.03. The highest BCUT2D eigenvalue weighted by atomic mass is 19.1. The molecule has 1 aromatic heterocycles. The van der Waals surface area contributed by atoms with E-state index in [4.69, 9.17) is 9.47 Å². The molecular formula is C22H20FN3O3. The fourth-order valence-corrected chi connectivity index (χ4v) is 3.03. The average Bonchev–Trinajstić information content (AvgIpc) is 3.22. The van der Waals surface area contributed by atoms with Gasteiger partial charge in [0.25, 0.3) is 5.91 Å². The third kappa shape index (κ3) is 4.63. The van der Waals surface area contributed by atoms with Gasteiger partial charge in [0.15, 0.2) is 11.5 Å². The first-order chi connectivity index (χ1) is 14.2. The van der Waals surface area contributed by atoms with Gasteiger partial charge in [0.1, 0.15) is 11.6 Å². The van der Waals surface area contributed by atoms with Crippen LogP contribution in [0.25, 0.3) is 0 Å². The van der Waals surface area contributed by atoms with Crippen molar-refractivity contribution >= 4 is 11.7 Å². The third-order valence-corrected chi connectivity index (χ3v) is 4.57. The molecule has 29 heavy (non-hydrogen) atoms. The number of ether oxygens (including phenoxy) is 2. The number of anilines is 1. The van der Waals surface area contributed by atoms with Crippen LogP contribution in [-0.2, 0) is 13.0 Å². The van der Waals surface area contributed by atoms with Crippen LogP contribution in [0, 0.1) is 5.82 Å². The van der Waals surface area contributed by atoms with Crippen molar-refractivity contribution in [2.45, 2.75) is 13.0 Å². The Morgan fingerprint density at radius 2 is 1.93 bits per heavy atom. The number of fused-ring (bicyclic) bond motifs is 1. The number of pyridine rings is 1. The Hall–Kier alpha value is -3.61. The van der Waals surface area contributed by atoms with Crippen LogP contribution in [0.4, 0.5) is 10.2 Å². The van der Waals surface area contributed by atoms with Crippen LogP contribution in [0.15, 0.2) is 60.8 Å². The summed E-state index contributed by atoms with van der Waals surface area (Å²) in [6.45, 7) is 1.12. The smallest absolute Gasteiger partial charge is 0.251 e. The van der Waals surface area contributed by atoms with Crippen LogP contribution in [0.1, 0.15) is 21.5 Å². The van der Waals surface area contributed by atoms with Crippen LogP contribution in [0.3, 0.4) is 0 Å². The molecule has 1 aliphatic rings. The molecule has 2 heterocycles. The number of amides is 1. The van der Waals surface area contributed by atoms with Gasteiger partial charge in [0, 0.05) is 24.8 Å².